The van der Waals surface area contributed by atoms with Crippen LogP contribution in [0.2, 0.25) is 0 Å². The highest BCUT2D eigenvalue weighted by Gasteiger charge is 2.26. The van der Waals surface area contributed by atoms with Gasteiger partial charge in [0.1, 0.15) is 5.82 Å². The number of ether oxygens (including phenoxy) is 1. The molecule has 1 N–H and O–H groups in total. The molecule has 1 aliphatic heterocycles. The lowest BCUT2D eigenvalue weighted by Crippen LogP contribution is -2.41. The predicted octanol–water partition coefficient (Wildman–Crippen LogP) is 3.36. The molecule has 0 saturated carbocycles. The second kappa shape index (κ2) is 9.53. The Morgan fingerprint density at radius 3 is 2.77 bits per heavy atom. The molecule has 1 aromatic carbocycles. The van der Waals surface area contributed by atoms with E-state index < -0.39 is 0 Å². The van der Waals surface area contributed by atoms with E-state index in [0.29, 0.717) is 19.8 Å². The van der Waals surface area contributed by atoms with Gasteiger partial charge in [-0.05, 0) is 50.5 Å². The van der Waals surface area contributed by atoms with Crippen molar-refractivity contribution < 1.29 is 13.9 Å². The maximum absolute atomic E-state index is 13.1. The summed E-state index contributed by atoms with van der Waals surface area (Å²) in [6.45, 7) is 5.64. The zero-order chi connectivity index (χ0) is 20.9. The van der Waals surface area contributed by atoms with Crippen molar-refractivity contribution in [3.8, 4) is 11.3 Å². The van der Waals surface area contributed by atoms with E-state index in [1.165, 1.54) is 23.5 Å². The lowest BCUT2D eigenvalue weighted by molar-refractivity contribution is -0.125. The number of halogens is 1. The lowest BCUT2D eigenvalue weighted by atomic mass is 9.96. The van der Waals surface area contributed by atoms with E-state index in [9.17, 15) is 9.18 Å². The Balaban J connectivity index is 1.31. The number of aromatic nitrogens is 3. The average molecular weight is 432 g/mol. The fraction of sp³-hybridized carbons (Fsp3) is 0.476. The minimum Gasteiger partial charge on any atom is -0.382 e. The molecule has 160 valence electrons. The van der Waals surface area contributed by atoms with Gasteiger partial charge >= 0.3 is 0 Å². The van der Waals surface area contributed by atoms with E-state index in [1.807, 2.05) is 13.1 Å². The van der Waals surface area contributed by atoms with Crippen molar-refractivity contribution in [1.29, 1.82) is 0 Å². The number of amides is 1. The Morgan fingerprint density at radius 2 is 2.07 bits per heavy atom. The van der Waals surface area contributed by atoms with Crippen LogP contribution in [0.15, 0.2) is 30.5 Å². The quantitative estimate of drug-likeness (QED) is 0.554. The molecule has 0 radical (unpaired) electrons. The number of nitrogens with zero attached hydrogens (tertiary/aromatic N) is 4. The molecule has 4 rings (SSSR count). The summed E-state index contributed by atoms with van der Waals surface area (Å²) in [4.78, 5) is 20.0. The van der Waals surface area contributed by atoms with E-state index in [-0.39, 0.29) is 17.6 Å². The van der Waals surface area contributed by atoms with Gasteiger partial charge in [0.15, 0.2) is 0 Å². The van der Waals surface area contributed by atoms with Gasteiger partial charge in [-0.3, -0.25) is 4.79 Å². The van der Waals surface area contributed by atoms with Gasteiger partial charge in [-0.2, -0.15) is 0 Å². The zero-order valence-electron chi connectivity index (χ0n) is 17.0. The van der Waals surface area contributed by atoms with Gasteiger partial charge in [-0.15, -0.1) is 5.10 Å². The number of anilines is 1. The highest BCUT2D eigenvalue weighted by atomic mass is 32.1. The molecule has 0 atom stereocenters. The van der Waals surface area contributed by atoms with Crippen LogP contribution in [-0.2, 0) is 9.53 Å². The van der Waals surface area contributed by atoms with E-state index in [1.54, 1.807) is 16.6 Å². The van der Waals surface area contributed by atoms with E-state index in [0.717, 1.165) is 53.7 Å². The lowest BCUT2D eigenvalue weighted by Gasteiger charge is -2.30. The van der Waals surface area contributed by atoms with Crippen LogP contribution in [0, 0.1) is 11.7 Å². The molecule has 30 heavy (non-hydrogen) atoms. The van der Waals surface area contributed by atoms with Gasteiger partial charge < -0.3 is 15.0 Å². The topological polar surface area (TPSA) is 71.8 Å². The normalized spacial score (nSPS) is 15.1. The van der Waals surface area contributed by atoms with Crippen LogP contribution in [0.25, 0.3) is 16.2 Å². The van der Waals surface area contributed by atoms with Crippen molar-refractivity contribution in [1.82, 2.24) is 19.9 Å². The molecule has 0 aliphatic carbocycles. The third kappa shape index (κ3) is 4.79. The third-order valence-electron chi connectivity index (χ3n) is 5.28. The average Bonchev–Trinajstić information content (AvgIpc) is 3.34. The molecule has 0 bridgehead atoms. The number of hydrogen-bond donors (Lipinski definition) is 1. The summed E-state index contributed by atoms with van der Waals surface area (Å²) in [5.41, 5.74) is 1.64. The fourth-order valence-corrected chi connectivity index (χ4v) is 4.52. The summed E-state index contributed by atoms with van der Waals surface area (Å²) < 4.78 is 20.2. The van der Waals surface area contributed by atoms with Crippen molar-refractivity contribution in [3.63, 3.8) is 0 Å². The second-order valence-corrected chi connectivity index (χ2v) is 8.28. The molecular formula is C21H26FN5O2S. The molecular weight excluding hydrogens is 405 g/mol. The minimum atomic E-state index is -0.261. The number of carbonyl (C=O) groups is 1. The summed E-state index contributed by atoms with van der Waals surface area (Å²) in [5.74, 6) is -0.0609. The Labute approximate surface area is 178 Å². The maximum Gasteiger partial charge on any atom is 0.223 e. The highest BCUT2D eigenvalue weighted by molar-refractivity contribution is 7.20. The van der Waals surface area contributed by atoms with Crippen LogP contribution >= 0.6 is 11.3 Å². The molecule has 3 aromatic rings. The molecule has 1 fully saturated rings. The van der Waals surface area contributed by atoms with Crippen LogP contribution in [0.1, 0.15) is 26.2 Å². The minimum absolute atomic E-state index is 0.0578. The smallest absolute Gasteiger partial charge is 0.223 e. The number of piperidine rings is 1. The van der Waals surface area contributed by atoms with Crippen LogP contribution in [0.5, 0.6) is 0 Å². The largest absolute Gasteiger partial charge is 0.382 e. The number of fused-ring (bicyclic) bond motifs is 1. The fourth-order valence-electron chi connectivity index (χ4n) is 3.58. The predicted molar refractivity (Wildman–Crippen MR) is 115 cm³/mol. The molecule has 1 saturated heterocycles. The zero-order valence-corrected chi connectivity index (χ0v) is 17.8. The van der Waals surface area contributed by atoms with Crippen LogP contribution in [-0.4, -0.2) is 53.4 Å². The van der Waals surface area contributed by atoms with E-state index in [4.69, 9.17) is 4.74 Å². The van der Waals surface area contributed by atoms with E-state index >= 15 is 0 Å². The Morgan fingerprint density at radius 1 is 1.30 bits per heavy atom. The first-order chi connectivity index (χ1) is 14.6. The van der Waals surface area contributed by atoms with Gasteiger partial charge in [0.25, 0.3) is 0 Å². The highest BCUT2D eigenvalue weighted by Crippen LogP contribution is 2.29. The van der Waals surface area contributed by atoms with Gasteiger partial charge in [0, 0.05) is 44.3 Å². The number of rotatable bonds is 8. The first-order valence-corrected chi connectivity index (χ1v) is 11.2. The standard InChI is InChI=1S/C21H26FN5O2S/c1-2-29-13-3-10-23-19(28)16-8-11-26(12-9-16)21-25-27-14-18(24-20(27)30-21)15-4-6-17(22)7-5-15/h4-7,14,16H,2-3,8-13H2,1H3,(H,23,28). The summed E-state index contributed by atoms with van der Waals surface area (Å²) in [6, 6.07) is 6.30. The molecule has 3 heterocycles. The summed E-state index contributed by atoms with van der Waals surface area (Å²) in [5, 5.41) is 8.59. The number of hydrogen-bond acceptors (Lipinski definition) is 6. The van der Waals surface area contributed by atoms with Crippen molar-refractivity contribution in [3.05, 3.63) is 36.3 Å². The number of imidazole rings is 1. The Hall–Kier alpha value is -2.52. The van der Waals surface area contributed by atoms with Crippen molar-refractivity contribution in [2.24, 2.45) is 5.92 Å². The number of carbonyl (C=O) groups excluding carboxylic acids is 1. The maximum atomic E-state index is 13.1. The number of nitrogens with one attached hydrogen (secondary N) is 1. The van der Waals surface area contributed by atoms with Gasteiger partial charge in [0.2, 0.25) is 16.0 Å². The molecule has 0 spiro atoms. The Kier molecular flexibility index (Phi) is 6.59. The molecule has 9 heteroatoms. The first-order valence-electron chi connectivity index (χ1n) is 10.4. The van der Waals surface area contributed by atoms with Crippen molar-refractivity contribution >= 4 is 27.3 Å². The molecule has 1 aliphatic rings. The van der Waals surface area contributed by atoms with Crippen LogP contribution in [0.3, 0.4) is 0 Å². The molecule has 0 unspecified atom stereocenters. The first kappa shape index (κ1) is 20.7. The third-order valence-corrected chi connectivity index (χ3v) is 6.26. The van der Waals surface area contributed by atoms with Crippen LogP contribution < -0.4 is 10.2 Å². The second-order valence-electron chi connectivity index (χ2n) is 7.35. The Bertz CT molecular complexity index is 948. The summed E-state index contributed by atoms with van der Waals surface area (Å²) in [6.07, 6.45) is 4.35. The SMILES string of the molecule is CCOCCCNC(=O)C1CCN(c2nn3cc(-c4ccc(F)cc4)nc3s2)CC1. The van der Waals surface area contributed by atoms with Gasteiger partial charge in [-0.25, -0.2) is 13.9 Å². The monoisotopic (exact) mass is 431 g/mol. The van der Waals surface area contributed by atoms with Crippen molar-refractivity contribution in [2.75, 3.05) is 37.7 Å². The summed E-state index contributed by atoms with van der Waals surface area (Å²) >= 11 is 1.53. The van der Waals surface area contributed by atoms with Crippen molar-refractivity contribution in [2.45, 2.75) is 26.2 Å². The summed E-state index contributed by atoms with van der Waals surface area (Å²) in [7, 11) is 0. The van der Waals surface area contributed by atoms with Gasteiger partial charge in [-0.1, -0.05) is 11.3 Å². The molecule has 2 aromatic heterocycles. The van der Waals surface area contributed by atoms with Gasteiger partial charge in [0.05, 0.1) is 11.9 Å². The number of benzene rings is 1. The molecule has 7 nitrogen and oxygen atoms in total. The van der Waals surface area contributed by atoms with E-state index in [2.05, 4.69) is 20.3 Å². The molecule has 1 amide bonds. The van der Waals surface area contributed by atoms with Crippen LogP contribution in [0.4, 0.5) is 9.52 Å².